The Morgan fingerprint density at radius 2 is 1.83 bits per heavy atom. The number of nitrogens with one attached hydrogen (secondary N) is 1. The van der Waals surface area contributed by atoms with Crippen LogP contribution in [0.2, 0.25) is 0 Å². The Balaban J connectivity index is 1.48. The van der Waals surface area contributed by atoms with Gasteiger partial charge in [0.05, 0.1) is 5.92 Å². The van der Waals surface area contributed by atoms with Gasteiger partial charge in [0.15, 0.2) is 0 Å². The predicted molar refractivity (Wildman–Crippen MR) is 88.4 cm³/mol. The molecule has 2 aromatic carbocycles. The molecular formula is C19H19NO4. The lowest BCUT2D eigenvalue weighted by Crippen LogP contribution is -2.23. The third-order valence-electron chi connectivity index (χ3n) is 4.14. The fraction of sp³-hybridized carbons (Fsp3) is 0.263. The normalized spacial score (nSPS) is 18.7. The third kappa shape index (κ3) is 4.13. The van der Waals surface area contributed by atoms with Crippen molar-refractivity contribution in [2.24, 2.45) is 5.92 Å². The van der Waals surface area contributed by atoms with Gasteiger partial charge < -0.3 is 15.2 Å². The van der Waals surface area contributed by atoms with Crippen molar-refractivity contribution in [2.75, 3.05) is 0 Å². The summed E-state index contributed by atoms with van der Waals surface area (Å²) < 4.78 is 5.16. The average Bonchev–Trinajstić information content (AvgIpc) is 3.40. The van der Waals surface area contributed by atoms with E-state index in [1.54, 1.807) is 0 Å². The van der Waals surface area contributed by atoms with E-state index in [0.717, 1.165) is 16.7 Å². The molecule has 1 aliphatic rings. The van der Waals surface area contributed by atoms with Crippen LogP contribution in [0.25, 0.3) is 0 Å². The number of alkyl carbamates (subject to hydrolysis) is 1. The minimum atomic E-state index is -0.743. The number of aliphatic carboxylic acids is 1. The van der Waals surface area contributed by atoms with Crippen molar-refractivity contribution >= 4 is 12.1 Å². The fourth-order valence-corrected chi connectivity index (χ4v) is 2.72. The van der Waals surface area contributed by atoms with Crippen LogP contribution < -0.4 is 5.32 Å². The topological polar surface area (TPSA) is 75.6 Å². The second-order valence-electron chi connectivity index (χ2n) is 5.95. The molecule has 1 saturated carbocycles. The highest BCUT2D eigenvalue weighted by atomic mass is 16.5. The highest BCUT2D eigenvalue weighted by molar-refractivity contribution is 5.75. The number of carboxylic acid groups (broad SMARTS) is 1. The number of carbonyl (C=O) groups excluding carboxylic acids is 1. The van der Waals surface area contributed by atoms with Gasteiger partial charge in [0.2, 0.25) is 0 Å². The second kappa shape index (κ2) is 7.17. The lowest BCUT2D eigenvalue weighted by Gasteiger charge is -2.08. The SMILES string of the molecule is O=C(NCc1cccc([C@@H]2C[C@H]2C(=O)O)c1)OCc1ccccc1. The third-order valence-corrected chi connectivity index (χ3v) is 4.14. The van der Waals surface area contributed by atoms with E-state index in [9.17, 15) is 9.59 Å². The molecule has 5 nitrogen and oxygen atoms in total. The van der Waals surface area contributed by atoms with E-state index < -0.39 is 12.1 Å². The molecule has 5 heteroatoms. The Hall–Kier alpha value is -2.82. The quantitative estimate of drug-likeness (QED) is 0.854. The van der Waals surface area contributed by atoms with Gasteiger partial charge >= 0.3 is 12.1 Å². The first-order chi connectivity index (χ1) is 11.6. The average molecular weight is 325 g/mol. The summed E-state index contributed by atoms with van der Waals surface area (Å²) in [7, 11) is 0. The molecule has 24 heavy (non-hydrogen) atoms. The van der Waals surface area contributed by atoms with Gasteiger partial charge in [-0.2, -0.15) is 0 Å². The summed E-state index contributed by atoms with van der Waals surface area (Å²) in [6.45, 7) is 0.584. The van der Waals surface area contributed by atoms with Gasteiger partial charge in [-0.15, -0.1) is 0 Å². The summed E-state index contributed by atoms with van der Waals surface area (Å²) in [5.41, 5.74) is 2.88. The second-order valence-corrected chi connectivity index (χ2v) is 5.95. The molecule has 0 saturated heterocycles. The van der Waals surface area contributed by atoms with Gasteiger partial charge in [-0.3, -0.25) is 4.79 Å². The number of carbonyl (C=O) groups is 2. The minimum Gasteiger partial charge on any atom is -0.481 e. The van der Waals surface area contributed by atoms with Gasteiger partial charge in [-0.1, -0.05) is 54.6 Å². The van der Waals surface area contributed by atoms with Crippen molar-refractivity contribution in [1.29, 1.82) is 0 Å². The van der Waals surface area contributed by atoms with Gasteiger partial charge in [0.25, 0.3) is 0 Å². The minimum absolute atomic E-state index is 0.0903. The van der Waals surface area contributed by atoms with Gasteiger partial charge in [0.1, 0.15) is 6.61 Å². The van der Waals surface area contributed by atoms with Crippen LogP contribution in [0.4, 0.5) is 4.79 Å². The molecule has 1 amide bonds. The van der Waals surface area contributed by atoms with Crippen molar-refractivity contribution in [1.82, 2.24) is 5.32 Å². The van der Waals surface area contributed by atoms with Crippen LogP contribution in [-0.2, 0) is 22.7 Å². The molecular weight excluding hydrogens is 306 g/mol. The molecule has 2 N–H and O–H groups in total. The Morgan fingerprint density at radius 1 is 1.08 bits per heavy atom. The predicted octanol–water partition coefficient (Wildman–Crippen LogP) is 3.30. The van der Waals surface area contributed by atoms with Gasteiger partial charge in [-0.25, -0.2) is 4.79 Å². The highest BCUT2D eigenvalue weighted by Crippen LogP contribution is 2.47. The summed E-state index contributed by atoms with van der Waals surface area (Å²) in [6, 6.07) is 17.2. The summed E-state index contributed by atoms with van der Waals surface area (Å²) in [5, 5.41) is 11.7. The molecule has 0 heterocycles. The van der Waals surface area contributed by atoms with Crippen molar-refractivity contribution < 1.29 is 19.4 Å². The van der Waals surface area contributed by atoms with Crippen LogP contribution in [-0.4, -0.2) is 17.2 Å². The summed E-state index contributed by atoms with van der Waals surface area (Å²) in [5.74, 6) is -0.926. The number of hydrogen-bond donors (Lipinski definition) is 2. The maximum absolute atomic E-state index is 11.8. The Morgan fingerprint density at radius 3 is 2.54 bits per heavy atom. The van der Waals surface area contributed by atoms with Crippen molar-refractivity contribution in [3.05, 3.63) is 71.3 Å². The van der Waals surface area contributed by atoms with E-state index in [-0.39, 0.29) is 18.4 Å². The molecule has 2 atom stereocenters. The number of rotatable bonds is 6. The summed E-state index contributed by atoms with van der Waals surface area (Å²) in [4.78, 5) is 22.7. The van der Waals surface area contributed by atoms with Crippen LogP contribution in [0.1, 0.15) is 29.0 Å². The highest BCUT2D eigenvalue weighted by Gasteiger charge is 2.44. The Bertz CT molecular complexity index is 729. The van der Waals surface area contributed by atoms with Crippen LogP contribution in [0, 0.1) is 5.92 Å². The van der Waals surface area contributed by atoms with E-state index in [2.05, 4.69) is 5.32 Å². The van der Waals surface area contributed by atoms with E-state index in [4.69, 9.17) is 9.84 Å². The zero-order valence-corrected chi connectivity index (χ0v) is 13.1. The van der Waals surface area contributed by atoms with Crippen molar-refractivity contribution in [2.45, 2.75) is 25.5 Å². The monoisotopic (exact) mass is 325 g/mol. The molecule has 0 unspecified atom stereocenters. The Labute approximate surface area is 140 Å². The van der Waals surface area contributed by atoms with E-state index in [1.165, 1.54) is 0 Å². The molecule has 0 spiro atoms. The van der Waals surface area contributed by atoms with E-state index in [1.807, 2.05) is 54.6 Å². The molecule has 1 fully saturated rings. The van der Waals surface area contributed by atoms with E-state index in [0.29, 0.717) is 13.0 Å². The van der Waals surface area contributed by atoms with Gasteiger partial charge in [-0.05, 0) is 29.0 Å². The maximum atomic E-state index is 11.8. The van der Waals surface area contributed by atoms with Crippen LogP contribution >= 0.6 is 0 Å². The van der Waals surface area contributed by atoms with E-state index >= 15 is 0 Å². The van der Waals surface area contributed by atoms with Crippen LogP contribution in [0.15, 0.2) is 54.6 Å². The molecule has 0 bridgehead atoms. The first-order valence-electron chi connectivity index (χ1n) is 7.89. The van der Waals surface area contributed by atoms with Crippen molar-refractivity contribution in [3.8, 4) is 0 Å². The van der Waals surface area contributed by atoms with Crippen LogP contribution in [0.5, 0.6) is 0 Å². The molecule has 1 aliphatic carbocycles. The summed E-state index contributed by atoms with van der Waals surface area (Å²) >= 11 is 0. The fourth-order valence-electron chi connectivity index (χ4n) is 2.72. The largest absolute Gasteiger partial charge is 0.481 e. The molecule has 0 aromatic heterocycles. The maximum Gasteiger partial charge on any atom is 0.407 e. The number of ether oxygens (including phenoxy) is 1. The van der Waals surface area contributed by atoms with Crippen molar-refractivity contribution in [3.63, 3.8) is 0 Å². The molecule has 0 radical (unpaired) electrons. The number of amides is 1. The number of hydrogen-bond acceptors (Lipinski definition) is 3. The zero-order valence-electron chi connectivity index (χ0n) is 13.1. The number of carboxylic acids is 1. The zero-order chi connectivity index (χ0) is 16.9. The number of benzene rings is 2. The lowest BCUT2D eigenvalue weighted by atomic mass is 10.1. The standard InChI is InChI=1S/C19H19NO4/c21-18(22)17-10-16(17)15-8-4-7-14(9-15)11-20-19(23)24-12-13-5-2-1-3-6-13/h1-9,16-17H,10-12H2,(H,20,23)(H,21,22)/t16-,17+/m0/s1. The van der Waals surface area contributed by atoms with Crippen LogP contribution in [0.3, 0.4) is 0 Å². The molecule has 0 aliphatic heterocycles. The smallest absolute Gasteiger partial charge is 0.407 e. The van der Waals surface area contributed by atoms with Gasteiger partial charge in [0, 0.05) is 6.54 Å². The lowest BCUT2D eigenvalue weighted by molar-refractivity contribution is -0.138. The first-order valence-corrected chi connectivity index (χ1v) is 7.89. The Kier molecular flexibility index (Phi) is 4.79. The molecule has 124 valence electrons. The molecule has 3 rings (SSSR count). The first kappa shape index (κ1) is 16.1. The molecule has 2 aromatic rings. The summed E-state index contributed by atoms with van der Waals surface area (Å²) in [6.07, 6.45) is 0.213.